The molecule has 7 heteroatoms. The Hall–Kier alpha value is -2.93. The third-order valence-corrected chi connectivity index (χ3v) is 5.60. The van der Waals surface area contributed by atoms with Gasteiger partial charge in [0, 0.05) is 5.39 Å². The first-order valence-electron chi connectivity index (χ1n) is 8.76. The molecule has 0 heterocycles. The van der Waals surface area contributed by atoms with E-state index in [1.165, 1.54) is 12.1 Å². The van der Waals surface area contributed by atoms with Gasteiger partial charge in [0.1, 0.15) is 12.4 Å². The molecule has 1 amide bonds. The number of amides is 1. The first-order valence-corrected chi connectivity index (χ1v) is 10.6. The van der Waals surface area contributed by atoms with Crippen molar-refractivity contribution in [3.05, 3.63) is 78.1 Å². The van der Waals surface area contributed by atoms with E-state index in [2.05, 4.69) is 5.32 Å². The quantitative estimate of drug-likeness (QED) is 0.687. The molecule has 0 saturated carbocycles. The normalized spacial score (nSPS) is 12.5. The van der Waals surface area contributed by atoms with E-state index in [1.54, 1.807) is 31.2 Å². The van der Waals surface area contributed by atoms with Crippen molar-refractivity contribution in [3.63, 3.8) is 0 Å². The predicted molar refractivity (Wildman–Crippen MR) is 109 cm³/mol. The van der Waals surface area contributed by atoms with Crippen molar-refractivity contribution in [1.29, 1.82) is 0 Å². The molecule has 0 fully saturated rings. The molecule has 0 saturated heterocycles. The number of halogens is 1. The Labute approximate surface area is 163 Å². The van der Waals surface area contributed by atoms with Crippen molar-refractivity contribution < 1.29 is 17.6 Å². The van der Waals surface area contributed by atoms with Crippen LogP contribution in [0.4, 0.5) is 10.1 Å². The van der Waals surface area contributed by atoms with Crippen LogP contribution in [0.2, 0.25) is 0 Å². The highest BCUT2D eigenvalue weighted by molar-refractivity contribution is 7.92. The largest absolute Gasteiger partial charge is 0.348 e. The van der Waals surface area contributed by atoms with Crippen molar-refractivity contribution >= 4 is 32.4 Å². The van der Waals surface area contributed by atoms with Gasteiger partial charge in [0.2, 0.25) is 15.9 Å². The molecule has 0 radical (unpaired) electrons. The van der Waals surface area contributed by atoms with Gasteiger partial charge in [-0.1, -0.05) is 48.5 Å². The van der Waals surface area contributed by atoms with Gasteiger partial charge >= 0.3 is 0 Å². The molecule has 0 aliphatic rings. The van der Waals surface area contributed by atoms with Crippen molar-refractivity contribution in [2.75, 3.05) is 17.1 Å². The molecule has 0 aliphatic heterocycles. The maximum absolute atomic E-state index is 13.1. The number of nitrogens with zero attached hydrogens (tertiary/aromatic N) is 1. The summed E-state index contributed by atoms with van der Waals surface area (Å²) in [6.07, 6.45) is 1.07. The van der Waals surface area contributed by atoms with Gasteiger partial charge in [0.15, 0.2) is 0 Å². The van der Waals surface area contributed by atoms with E-state index in [0.29, 0.717) is 5.69 Å². The van der Waals surface area contributed by atoms with E-state index in [4.69, 9.17) is 0 Å². The van der Waals surface area contributed by atoms with Gasteiger partial charge < -0.3 is 5.32 Å². The molecule has 0 aromatic heterocycles. The Morgan fingerprint density at radius 3 is 2.36 bits per heavy atom. The summed E-state index contributed by atoms with van der Waals surface area (Å²) >= 11 is 0. The van der Waals surface area contributed by atoms with E-state index in [1.807, 2.05) is 30.3 Å². The molecule has 28 heavy (non-hydrogen) atoms. The number of hydrogen-bond acceptors (Lipinski definition) is 3. The lowest BCUT2D eigenvalue weighted by molar-refractivity contribution is -0.120. The maximum Gasteiger partial charge on any atom is 0.241 e. The van der Waals surface area contributed by atoms with Crippen molar-refractivity contribution in [3.8, 4) is 0 Å². The fraction of sp³-hybridized carbons (Fsp3) is 0.190. The average molecular weight is 400 g/mol. The second-order valence-electron chi connectivity index (χ2n) is 6.61. The molecule has 146 valence electrons. The van der Waals surface area contributed by atoms with Gasteiger partial charge in [-0.3, -0.25) is 9.10 Å². The maximum atomic E-state index is 13.1. The molecule has 0 unspecified atom stereocenters. The van der Waals surface area contributed by atoms with Gasteiger partial charge in [-0.2, -0.15) is 0 Å². The third-order valence-electron chi connectivity index (χ3n) is 4.47. The number of anilines is 1. The van der Waals surface area contributed by atoms with Gasteiger partial charge in [0.05, 0.1) is 18.0 Å². The number of rotatable bonds is 6. The molecular weight excluding hydrogens is 379 g/mol. The highest BCUT2D eigenvalue weighted by Crippen LogP contribution is 2.28. The van der Waals surface area contributed by atoms with Crippen LogP contribution in [-0.4, -0.2) is 27.1 Å². The standard InChI is InChI=1S/C21H21FN2O3S/c1-15(16-10-12-18(22)13-11-16)23-21(25)14-24(28(2,26)27)20-9-5-7-17-6-3-4-8-19(17)20/h3-13,15H,14H2,1-2H3,(H,23,25)/t15-/m1/s1. The molecule has 0 spiro atoms. The summed E-state index contributed by atoms with van der Waals surface area (Å²) in [4.78, 5) is 12.6. The number of sulfonamides is 1. The minimum Gasteiger partial charge on any atom is -0.348 e. The summed E-state index contributed by atoms with van der Waals surface area (Å²) in [6, 6.07) is 18.1. The van der Waals surface area contributed by atoms with Gasteiger partial charge in [-0.15, -0.1) is 0 Å². The lowest BCUT2D eigenvalue weighted by atomic mass is 10.1. The van der Waals surface area contributed by atoms with Gasteiger partial charge in [-0.25, -0.2) is 12.8 Å². The number of fused-ring (bicyclic) bond motifs is 1. The third kappa shape index (κ3) is 4.48. The van der Waals surface area contributed by atoms with Gasteiger partial charge in [0.25, 0.3) is 0 Å². The van der Waals surface area contributed by atoms with E-state index in [-0.39, 0.29) is 18.4 Å². The summed E-state index contributed by atoms with van der Waals surface area (Å²) in [5, 5.41) is 4.40. The van der Waals surface area contributed by atoms with Crippen LogP contribution in [0.3, 0.4) is 0 Å². The fourth-order valence-corrected chi connectivity index (χ4v) is 3.93. The van der Waals surface area contributed by atoms with E-state index >= 15 is 0 Å². The minimum atomic E-state index is -3.69. The fourth-order valence-electron chi connectivity index (χ4n) is 3.06. The monoisotopic (exact) mass is 400 g/mol. The van der Waals surface area contributed by atoms with Crippen LogP contribution in [0.5, 0.6) is 0 Å². The molecule has 1 N–H and O–H groups in total. The van der Waals surface area contributed by atoms with Crippen LogP contribution < -0.4 is 9.62 Å². The molecule has 0 aliphatic carbocycles. The summed E-state index contributed by atoms with van der Waals surface area (Å²) in [5.41, 5.74) is 1.18. The van der Waals surface area contributed by atoms with E-state index in [0.717, 1.165) is 26.9 Å². The van der Waals surface area contributed by atoms with Crippen LogP contribution in [0.15, 0.2) is 66.7 Å². The number of benzene rings is 3. The van der Waals surface area contributed by atoms with Crippen LogP contribution in [-0.2, 0) is 14.8 Å². The summed E-state index contributed by atoms with van der Waals surface area (Å²) in [5.74, 6) is -0.809. The molecule has 3 rings (SSSR count). The van der Waals surface area contributed by atoms with Crippen LogP contribution >= 0.6 is 0 Å². The smallest absolute Gasteiger partial charge is 0.241 e. The van der Waals surface area contributed by atoms with Crippen LogP contribution in [0, 0.1) is 5.82 Å². The average Bonchev–Trinajstić information content (AvgIpc) is 2.65. The second kappa shape index (κ2) is 7.98. The lowest BCUT2D eigenvalue weighted by Gasteiger charge is -2.24. The second-order valence-corrected chi connectivity index (χ2v) is 8.52. The Morgan fingerprint density at radius 1 is 1.04 bits per heavy atom. The summed E-state index contributed by atoms with van der Waals surface area (Å²) in [6.45, 7) is 1.41. The predicted octanol–water partition coefficient (Wildman–Crippen LogP) is 3.62. The molecule has 1 atom stereocenters. The zero-order valence-corrected chi connectivity index (χ0v) is 16.4. The Kier molecular flexibility index (Phi) is 5.65. The lowest BCUT2D eigenvalue weighted by Crippen LogP contribution is -2.41. The summed E-state index contributed by atoms with van der Waals surface area (Å²) in [7, 11) is -3.69. The van der Waals surface area contributed by atoms with Gasteiger partial charge in [-0.05, 0) is 36.1 Å². The SMILES string of the molecule is C[C@@H](NC(=O)CN(c1cccc2ccccc12)S(C)(=O)=O)c1ccc(F)cc1. The van der Waals surface area contributed by atoms with Crippen LogP contribution in [0.25, 0.3) is 10.8 Å². The number of nitrogens with one attached hydrogen (secondary N) is 1. The molecule has 0 bridgehead atoms. The van der Waals surface area contributed by atoms with E-state index in [9.17, 15) is 17.6 Å². The van der Waals surface area contributed by atoms with Crippen LogP contribution in [0.1, 0.15) is 18.5 Å². The Morgan fingerprint density at radius 2 is 1.68 bits per heavy atom. The first kappa shape index (κ1) is 19.8. The number of hydrogen-bond donors (Lipinski definition) is 1. The zero-order chi connectivity index (χ0) is 20.3. The molecular formula is C21H21FN2O3S. The van der Waals surface area contributed by atoms with E-state index < -0.39 is 15.9 Å². The number of carbonyl (C=O) groups is 1. The molecule has 5 nitrogen and oxygen atoms in total. The Balaban J connectivity index is 1.85. The molecule has 3 aromatic carbocycles. The first-order chi connectivity index (χ1) is 13.3. The topological polar surface area (TPSA) is 66.5 Å². The Bertz CT molecular complexity index is 1090. The van der Waals surface area contributed by atoms with Crippen molar-refractivity contribution in [1.82, 2.24) is 5.32 Å². The highest BCUT2D eigenvalue weighted by atomic mass is 32.2. The minimum absolute atomic E-state index is 0.349. The van der Waals surface area contributed by atoms with Crippen molar-refractivity contribution in [2.24, 2.45) is 0 Å². The zero-order valence-electron chi connectivity index (χ0n) is 15.6. The molecule has 3 aromatic rings. The number of carbonyl (C=O) groups excluding carboxylic acids is 1. The highest BCUT2D eigenvalue weighted by Gasteiger charge is 2.23. The van der Waals surface area contributed by atoms with Crippen molar-refractivity contribution in [2.45, 2.75) is 13.0 Å². The summed E-state index contributed by atoms with van der Waals surface area (Å²) < 4.78 is 39.0.